The topological polar surface area (TPSA) is 66.5 Å². The van der Waals surface area contributed by atoms with E-state index >= 15 is 0 Å². The molecule has 2 fully saturated rings. The Morgan fingerprint density at radius 1 is 1.22 bits per heavy atom. The van der Waals surface area contributed by atoms with Crippen molar-refractivity contribution in [1.82, 2.24) is 0 Å². The Morgan fingerprint density at radius 3 is 2.70 bits per heavy atom. The highest BCUT2D eigenvalue weighted by molar-refractivity contribution is 5.28. The predicted molar refractivity (Wildman–Crippen MR) is 86.7 cm³/mol. The van der Waals surface area contributed by atoms with E-state index in [-0.39, 0.29) is 28.5 Å². The maximum absolute atomic E-state index is 14.3. The van der Waals surface area contributed by atoms with Crippen LogP contribution in [0.4, 0.5) is 4.39 Å². The molecule has 3 unspecified atom stereocenters. The van der Waals surface area contributed by atoms with Gasteiger partial charge in [-0.25, -0.2) is 4.39 Å². The van der Waals surface area contributed by atoms with E-state index in [9.17, 15) is 14.6 Å². The lowest BCUT2D eigenvalue weighted by Gasteiger charge is -2.60. The number of hydrogen-bond acceptors (Lipinski definition) is 3. The zero-order chi connectivity index (χ0) is 16.6. The number of rotatable bonds is 0. The summed E-state index contributed by atoms with van der Waals surface area (Å²) in [6, 6.07) is 0. The van der Waals surface area contributed by atoms with Gasteiger partial charge in [-0.15, -0.1) is 0 Å². The molecule has 0 aliphatic heterocycles. The van der Waals surface area contributed by atoms with Crippen LogP contribution in [-0.4, -0.2) is 22.4 Å². The van der Waals surface area contributed by atoms with E-state index < -0.39 is 12.2 Å². The Morgan fingerprint density at radius 2 is 1.96 bits per heavy atom. The first-order valence-electron chi connectivity index (χ1n) is 8.97. The van der Waals surface area contributed by atoms with Gasteiger partial charge in [-0.05, 0) is 54.8 Å². The van der Waals surface area contributed by atoms with Crippen molar-refractivity contribution in [2.75, 3.05) is 0 Å². The van der Waals surface area contributed by atoms with Crippen molar-refractivity contribution in [3.8, 4) is 0 Å². The highest BCUT2D eigenvalue weighted by atomic mass is 19.1. The van der Waals surface area contributed by atoms with Gasteiger partial charge in [-0.1, -0.05) is 26.0 Å². The molecule has 0 saturated heterocycles. The summed E-state index contributed by atoms with van der Waals surface area (Å²) in [6.07, 6.45) is 6.96. The third-order valence-electron chi connectivity index (χ3n) is 7.88. The summed E-state index contributed by atoms with van der Waals surface area (Å²) >= 11 is 0. The van der Waals surface area contributed by atoms with Crippen LogP contribution in [-0.2, 0) is 0 Å². The van der Waals surface area contributed by atoms with Crippen molar-refractivity contribution in [3.05, 3.63) is 23.7 Å². The molecule has 2 saturated carbocycles. The number of nitrogens with two attached hydrogens (primary N) is 1. The third-order valence-corrected chi connectivity index (χ3v) is 7.88. The van der Waals surface area contributed by atoms with Crippen molar-refractivity contribution < 1.29 is 14.6 Å². The first-order chi connectivity index (χ1) is 10.8. The largest absolute Gasteiger partial charge is 0.400 e. The molecular formula is C19H28FNO2. The fourth-order valence-corrected chi connectivity index (χ4v) is 6.41. The second kappa shape index (κ2) is 4.82. The molecule has 4 aliphatic rings. The minimum absolute atomic E-state index is 0.00170. The Hall–Kier alpha value is -0.870. The van der Waals surface area contributed by atoms with Crippen molar-refractivity contribution >= 4 is 0 Å². The third kappa shape index (κ3) is 1.94. The molecule has 0 aromatic carbocycles. The monoisotopic (exact) mass is 321 g/mol. The molecule has 4 rings (SSSR count). The molecule has 0 aromatic heterocycles. The number of allylic oxidation sites excluding steroid dienone is 3. The molecule has 8 atom stereocenters. The van der Waals surface area contributed by atoms with Gasteiger partial charge in [-0.2, -0.15) is 0 Å². The van der Waals surface area contributed by atoms with Crippen LogP contribution in [0.15, 0.2) is 23.7 Å². The average molecular weight is 321 g/mol. The molecule has 4 heteroatoms. The van der Waals surface area contributed by atoms with E-state index in [2.05, 4.69) is 19.9 Å². The van der Waals surface area contributed by atoms with Crippen molar-refractivity contribution in [2.45, 2.75) is 58.2 Å². The lowest BCUT2D eigenvalue weighted by molar-refractivity contribution is -0.134. The maximum Gasteiger partial charge on any atom is 0.119 e. The summed E-state index contributed by atoms with van der Waals surface area (Å²) in [6.45, 7) is 4.35. The van der Waals surface area contributed by atoms with Crippen molar-refractivity contribution in [3.63, 3.8) is 0 Å². The van der Waals surface area contributed by atoms with E-state index in [1.807, 2.05) is 6.08 Å². The zero-order valence-electron chi connectivity index (χ0n) is 14.0. The summed E-state index contributed by atoms with van der Waals surface area (Å²) < 4.78 is 14.3. The molecule has 0 heterocycles. The highest BCUT2D eigenvalue weighted by Gasteiger charge is 2.61. The first kappa shape index (κ1) is 15.6. The maximum atomic E-state index is 14.3. The van der Waals surface area contributed by atoms with Crippen LogP contribution in [0.3, 0.4) is 0 Å². The van der Waals surface area contributed by atoms with Crippen LogP contribution in [0.1, 0.15) is 46.0 Å². The van der Waals surface area contributed by atoms with Gasteiger partial charge >= 0.3 is 0 Å². The fourth-order valence-electron chi connectivity index (χ4n) is 6.41. The van der Waals surface area contributed by atoms with Gasteiger partial charge in [0.1, 0.15) is 5.83 Å². The molecule has 0 bridgehead atoms. The first-order valence-corrected chi connectivity index (χ1v) is 8.97. The Balaban J connectivity index is 1.73. The molecular weight excluding hydrogens is 293 g/mol. The van der Waals surface area contributed by atoms with Crippen LogP contribution in [0.25, 0.3) is 0 Å². The van der Waals surface area contributed by atoms with Gasteiger partial charge in [0.25, 0.3) is 0 Å². The van der Waals surface area contributed by atoms with Crippen molar-refractivity contribution in [1.29, 1.82) is 0 Å². The van der Waals surface area contributed by atoms with Crippen LogP contribution in [0.5, 0.6) is 0 Å². The second-order valence-electron chi connectivity index (χ2n) is 8.80. The summed E-state index contributed by atoms with van der Waals surface area (Å²) in [5, 5.41) is 20.9. The Kier molecular flexibility index (Phi) is 3.28. The molecule has 128 valence electrons. The van der Waals surface area contributed by atoms with Crippen LogP contribution in [0, 0.1) is 34.5 Å². The molecule has 4 N–H and O–H groups in total. The minimum Gasteiger partial charge on any atom is -0.400 e. The smallest absolute Gasteiger partial charge is 0.119 e. The van der Waals surface area contributed by atoms with Gasteiger partial charge in [-0.3, -0.25) is 0 Å². The summed E-state index contributed by atoms with van der Waals surface area (Å²) in [7, 11) is 0. The van der Waals surface area contributed by atoms with Gasteiger partial charge in [0.15, 0.2) is 0 Å². The van der Waals surface area contributed by atoms with E-state index in [0.29, 0.717) is 30.4 Å². The number of aliphatic hydroxyl groups is 2. The normalized spacial score (nSPS) is 55.3. The summed E-state index contributed by atoms with van der Waals surface area (Å²) in [5.41, 5.74) is 6.22. The summed E-state index contributed by atoms with van der Waals surface area (Å²) in [5.74, 6) is 0.694. The zero-order valence-corrected chi connectivity index (χ0v) is 14.0. The number of hydrogen-bond donors (Lipinski definition) is 3. The lowest BCUT2D eigenvalue weighted by atomic mass is 9.45. The number of aliphatic hydroxyl groups excluding tert-OH is 2. The standard InChI is InChI=1S/C19H28FNO2/c1-18-5-3-11(22)7-10(18)8-15(23)16-12(18)4-6-19(2)13(16)9-14(20)17(19)21/h3,5,10-13,15-16,22-23H,4,6-9,21H2,1-2H3/t10?,11?,12-,13+,15?,16-,18+,19+/m1/s1. The lowest BCUT2D eigenvalue weighted by Crippen LogP contribution is -2.57. The van der Waals surface area contributed by atoms with Gasteiger partial charge < -0.3 is 15.9 Å². The molecule has 3 nitrogen and oxygen atoms in total. The van der Waals surface area contributed by atoms with E-state index in [0.717, 1.165) is 19.3 Å². The molecule has 23 heavy (non-hydrogen) atoms. The van der Waals surface area contributed by atoms with Gasteiger partial charge in [0, 0.05) is 17.5 Å². The van der Waals surface area contributed by atoms with Crippen molar-refractivity contribution in [2.24, 2.45) is 40.2 Å². The molecule has 0 aromatic rings. The predicted octanol–water partition coefficient (Wildman–Crippen LogP) is 2.89. The number of halogens is 1. The molecule has 4 aliphatic carbocycles. The minimum atomic E-state index is -0.417. The fraction of sp³-hybridized carbons (Fsp3) is 0.789. The molecule has 0 amide bonds. The van der Waals surface area contributed by atoms with E-state index in [4.69, 9.17) is 5.73 Å². The quantitative estimate of drug-likeness (QED) is 0.601. The second-order valence-corrected chi connectivity index (χ2v) is 8.80. The van der Waals surface area contributed by atoms with E-state index in [1.54, 1.807) is 0 Å². The Labute approximate surface area is 137 Å². The van der Waals surface area contributed by atoms with Crippen LogP contribution < -0.4 is 5.73 Å². The molecule has 0 spiro atoms. The summed E-state index contributed by atoms with van der Waals surface area (Å²) in [4.78, 5) is 0. The van der Waals surface area contributed by atoms with Crippen LogP contribution in [0.2, 0.25) is 0 Å². The van der Waals surface area contributed by atoms with Crippen LogP contribution >= 0.6 is 0 Å². The van der Waals surface area contributed by atoms with Gasteiger partial charge in [0.2, 0.25) is 0 Å². The van der Waals surface area contributed by atoms with E-state index in [1.165, 1.54) is 0 Å². The Bertz CT molecular complexity index is 588. The van der Waals surface area contributed by atoms with Gasteiger partial charge in [0.05, 0.1) is 12.2 Å². The SMILES string of the molecule is C[C@]12C=CC(O)CC1CC(O)[C@@H]1[C@H]2CC[C@]2(C)C(N)=C(F)C[C@@H]12. The molecule has 0 radical (unpaired) electrons. The number of fused-ring (bicyclic) bond motifs is 5. The highest BCUT2D eigenvalue weighted by Crippen LogP contribution is 2.65. The average Bonchev–Trinajstić information content (AvgIpc) is 2.73.